The van der Waals surface area contributed by atoms with Gasteiger partial charge in [0.25, 0.3) is 0 Å². The van der Waals surface area contributed by atoms with Crippen molar-refractivity contribution in [1.82, 2.24) is 4.98 Å². The van der Waals surface area contributed by atoms with E-state index in [0.717, 1.165) is 31.2 Å². The van der Waals surface area contributed by atoms with Crippen LogP contribution in [0.5, 0.6) is 0 Å². The molecule has 1 aromatic heterocycles. The minimum atomic E-state index is -0.295. The van der Waals surface area contributed by atoms with Gasteiger partial charge in [-0.05, 0) is 49.1 Å². The molecule has 0 radical (unpaired) electrons. The monoisotopic (exact) mass is 351 g/mol. The molecular formula is C22H22FNO2. The summed E-state index contributed by atoms with van der Waals surface area (Å²) in [7, 11) is 0. The summed E-state index contributed by atoms with van der Waals surface area (Å²) in [6, 6.07) is 16.4. The number of rotatable bonds is 9. The highest BCUT2D eigenvalue weighted by Crippen LogP contribution is 2.21. The number of hydrogen-bond acceptors (Lipinski definition) is 3. The van der Waals surface area contributed by atoms with E-state index in [0.29, 0.717) is 18.1 Å². The Bertz CT molecular complexity index is 825. The fourth-order valence-electron chi connectivity index (χ4n) is 2.87. The van der Waals surface area contributed by atoms with Crippen molar-refractivity contribution in [2.75, 3.05) is 0 Å². The molecule has 3 aromatic rings. The van der Waals surface area contributed by atoms with Crippen LogP contribution in [-0.4, -0.2) is 10.8 Å². The fraction of sp³-hybridized carbons (Fsp3) is 0.273. The first-order valence-corrected chi connectivity index (χ1v) is 8.97. The topological polar surface area (TPSA) is 43.1 Å². The number of aromatic nitrogens is 1. The third kappa shape index (κ3) is 5.38. The van der Waals surface area contributed by atoms with Gasteiger partial charge >= 0.3 is 0 Å². The predicted octanol–water partition coefficient (Wildman–Crippen LogP) is 5.40. The fourth-order valence-corrected chi connectivity index (χ4v) is 2.87. The number of halogens is 1. The maximum atomic E-state index is 13.0. The second-order valence-corrected chi connectivity index (χ2v) is 6.39. The molecule has 0 atom stereocenters. The number of nitrogens with zero attached hydrogens (tertiary/aromatic N) is 1. The van der Waals surface area contributed by atoms with Gasteiger partial charge in [-0.1, -0.05) is 36.8 Å². The lowest BCUT2D eigenvalue weighted by atomic mass is 10.0. The molecule has 0 aliphatic heterocycles. The van der Waals surface area contributed by atoms with Gasteiger partial charge in [0.2, 0.25) is 5.89 Å². The van der Waals surface area contributed by atoms with Crippen LogP contribution in [0.2, 0.25) is 0 Å². The molecule has 26 heavy (non-hydrogen) atoms. The summed E-state index contributed by atoms with van der Waals surface area (Å²) in [5.41, 5.74) is 2.09. The van der Waals surface area contributed by atoms with Crippen LogP contribution >= 0.6 is 0 Å². The Morgan fingerprint density at radius 1 is 0.962 bits per heavy atom. The molecule has 1 heterocycles. The third-order valence-electron chi connectivity index (χ3n) is 4.29. The molecule has 0 aliphatic rings. The van der Waals surface area contributed by atoms with Crippen LogP contribution in [-0.2, 0) is 17.6 Å². The molecule has 0 N–H and O–H groups in total. The minimum absolute atomic E-state index is 0.136. The summed E-state index contributed by atoms with van der Waals surface area (Å²) in [6.45, 7) is 0. The van der Waals surface area contributed by atoms with E-state index in [2.05, 4.69) is 29.2 Å². The standard InChI is InChI=1S/C22H22FNO2/c23-19-13-11-18(12-14-19)21-16-24-22(26-21)15-20(25)10-6-2-5-9-17-7-3-1-4-8-17/h1,3-4,7-8,11-14,16H,2,5-6,9-10,15H2. The van der Waals surface area contributed by atoms with Crippen LogP contribution in [0.1, 0.15) is 37.1 Å². The lowest BCUT2D eigenvalue weighted by Crippen LogP contribution is -2.02. The zero-order valence-electron chi connectivity index (χ0n) is 14.7. The van der Waals surface area contributed by atoms with E-state index in [1.165, 1.54) is 17.7 Å². The summed E-state index contributed by atoms with van der Waals surface area (Å²) in [5, 5.41) is 0. The average molecular weight is 351 g/mol. The number of carbonyl (C=O) groups excluding carboxylic acids is 1. The zero-order valence-corrected chi connectivity index (χ0v) is 14.7. The number of aryl methyl sites for hydroxylation is 1. The molecule has 0 fully saturated rings. The molecule has 0 bridgehead atoms. The molecule has 134 valence electrons. The maximum absolute atomic E-state index is 13.0. The smallest absolute Gasteiger partial charge is 0.202 e. The van der Waals surface area contributed by atoms with Crippen molar-refractivity contribution >= 4 is 5.78 Å². The Morgan fingerprint density at radius 2 is 1.73 bits per heavy atom. The molecular weight excluding hydrogens is 329 g/mol. The lowest BCUT2D eigenvalue weighted by Gasteiger charge is -2.01. The van der Waals surface area contributed by atoms with Crippen LogP contribution in [0, 0.1) is 5.82 Å². The van der Waals surface area contributed by atoms with Crippen LogP contribution < -0.4 is 0 Å². The van der Waals surface area contributed by atoms with Crippen LogP contribution in [0.15, 0.2) is 65.2 Å². The van der Waals surface area contributed by atoms with Gasteiger partial charge in [-0.25, -0.2) is 9.37 Å². The molecule has 3 rings (SSSR count). The SMILES string of the molecule is O=C(CCCCCc1ccccc1)Cc1ncc(-c2ccc(F)cc2)o1. The first-order chi connectivity index (χ1) is 12.7. The van der Waals surface area contributed by atoms with Gasteiger partial charge in [0.15, 0.2) is 5.76 Å². The molecule has 4 heteroatoms. The number of carbonyl (C=O) groups is 1. The minimum Gasteiger partial charge on any atom is -0.440 e. The van der Waals surface area contributed by atoms with Crippen LogP contribution in [0.4, 0.5) is 4.39 Å². The summed E-state index contributed by atoms with van der Waals surface area (Å²) < 4.78 is 18.6. The van der Waals surface area contributed by atoms with E-state index >= 15 is 0 Å². The molecule has 0 saturated heterocycles. The normalized spacial score (nSPS) is 10.8. The number of ketones is 1. The van der Waals surface area contributed by atoms with Crippen molar-refractivity contribution in [1.29, 1.82) is 0 Å². The first kappa shape index (κ1) is 18.1. The Kier molecular flexibility index (Phi) is 6.31. The quantitative estimate of drug-likeness (QED) is 0.485. The van der Waals surface area contributed by atoms with Crippen LogP contribution in [0.3, 0.4) is 0 Å². The van der Waals surface area contributed by atoms with Gasteiger partial charge in [-0.2, -0.15) is 0 Å². The van der Waals surface area contributed by atoms with Crippen molar-refractivity contribution in [2.24, 2.45) is 0 Å². The van der Waals surface area contributed by atoms with E-state index in [1.807, 2.05) is 6.07 Å². The van der Waals surface area contributed by atoms with E-state index < -0.39 is 0 Å². The molecule has 0 saturated carbocycles. The zero-order chi connectivity index (χ0) is 18.2. The number of unbranched alkanes of at least 4 members (excludes halogenated alkanes) is 2. The number of benzene rings is 2. The Balaban J connectivity index is 1.39. The maximum Gasteiger partial charge on any atom is 0.202 e. The molecule has 0 unspecified atom stereocenters. The highest BCUT2D eigenvalue weighted by Gasteiger charge is 2.11. The van der Waals surface area contributed by atoms with E-state index in [9.17, 15) is 9.18 Å². The first-order valence-electron chi connectivity index (χ1n) is 8.97. The lowest BCUT2D eigenvalue weighted by molar-refractivity contribution is -0.118. The summed E-state index contributed by atoms with van der Waals surface area (Å²) in [6.07, 6.45) is 6.39. The van der Waals surface area contributed by atoms with Crippen molar-refractivity contribution in [3.05, 3.63) is 78.1 Å². The van der Waals surface area contributed by atoms with Crippen LogP contribution in [0.25, 0.3) is 11.3 Å². The van der Waals surface area contributed by atoms with Gasteiger partial charge in [-0.15, -0.1) is 0 Å². The van der Waals surface area contributed by atoms with Crippen molar-refractivity contribution in [3.63, 3.8) is 0 Å². The highest BCUT2D eigenvalue weighted by atomic mass is 19.1. The second-order valence-electron chi connectivity index (χ2n) is 6.39. The Morgan fingerprint density at radius 3 is 2.50 bits per heavy atom. The number of oxazole rings is 1. The van der Waals surface area contributed by atoms with Gasteiger partial charge in [0.1, 0.15) is 11.6 Å². The average Bonchev–Trinajstić information content (AvgIpc) is 3.11. The molecule has 3 nitrogen and oxygen atoms in total. The third-order valence-corrected chi connectivity index (χ3v) is 4.29. The Labute approximate surface area is 152 Å². The highest BCUT2D eigenvalue weighted by molar-refractivity contribution is 5.80. The van der Waals surface area contributed by atoms with Gasteiger partial charge in [0, 0.05) is 12.0 Å². The largest absolute Gasteiger partial charge is 0.440 e. The summed E-state index contributed by atoms with van der Waals surface area (Å²) in [4.78, 5) is 16.2. The van der Waals surface area contributed by atoms with Gasteiger partial charge < -0.3 is 4.42 Å². The van der Waals surface area contributed by atoms with Crippen molar-refractivity contribution in [3.8, 4) is 11.3 Å². The van der Waals surface area contributed by atoms with Crippen molar-refractivity contribution < 1.29 is 13.6 Å². The summed E-state index contributed by atoms with van der Waals surface area (Å²) in [5.74, 6) is 0.808. The Hall–Kier alpha value is -2.75. The van der Waals surface area contributed by atoms with E-state index in [4.69, 9.17) is 4.42 Å². The molecule has 0 spiro atoms. The van der Waals surface area contributed by atoms with E-state index in [-0.39, 0.29) is 18.0 Å². The summed E-state index contributed by atoms with van der Waals surface area (Å²) >= 11 is 0. The predicted molar refractivity (Wildman–Crippen MR) is 99.2 cm³/mol. The number of Topliss-reactive ketones (excluding diaryl/α,β-unsaturated/α-hetero) is 1. The molecule has 0 aliphatic carbocycles. The second kappa shape index (κ2) is 9.09. The van der Waals surface area contributed by atoms with E-state index in [1.54, 1.807) is 18.3 Å². The van der Waals surface area contributed by atoms with Gasteiger partial charge in [-0.3, -0.25) is 4.79 Å². The van der Waals surface area contributed by atoms with Crippen molar-refractivity contribution in [2.45, 2.75) is 38.5 Å². The molecule has 2 aromatic carbocycles. The molecule has 0 amide bonds. The number of hydrogen-bond donors (Lipinski definition) is 0. The van der Waals surface area contributed by atoms with Gasteiger partial charge in [0.05, 0.1) is 12.6 Å².